The number of amides is 1. The van der Waals surface area contributed by atoms with Gasteiger partial charge in [0.25, 0.3) is 0 Å². The molecule has 1 saturated heterocycles. The minimum atomic E-state index is -0.323. The summed E-state index contributed by atoms with van der Waals surface area (Å²) in [6.07, 6.45) is 0.578. The Labute approximate surface area is 94.8 Å². The van der Waals surface area contributed by atoms with Crippen LogP contribution in [0.1, 0.15) is 17.0 Å². The maximum absolute atomic E-state index is 10.8. The molecule has 1 heterocycles. The standard InChI is InChI=1S/C12H16N2O2/c13-6-5-9-1-3-10(4-2-9)11-7-14-12(15)16-8-11/h1-4,11H,5-8,13H2,(H,14,15). The van der Waals surface area contributed by atoms with Crippen molar-refractivity contribution in [1.82, 2.24) is 5.32 Å². The minimum Gasteiger partial charge on any atom is -0.449 e. The highest BCUT2D eigenvalue weighted by Crippen LogP contribution is 2.18. The van der Waals surface area contributed by atoms with Gasteiger partial charge in [-0.1, -0.05) is 24.3 Å². The Morgan fingerprint density at radius 1 is 1.38 bits per heavy atom. The summed E-state index contributed by atoms with van der Waals surface area (Å²) in [5.74, 6) is 0.254. The van der Waals surface area contributed by atoms with Gasteiger partial charge in [0.05, 0.1) is 0 Å². The van der Waals surface area contributed by atoms with Crippen LogP contribution in [0, 0.1) is 0 Å². The van der Waals surface area contributed by atoms with E-state index in [4.69, 9.17) is 10.5 Å². The second kappa shape index (κ2) is 4.99. The summed E-state index contributed by atoms with van der Waals surface area (Å²) in [5, 5.41) is 2.69. The van der Waals surface area contributed by atoms with Gasteiger partial charge in [-0.15, -0.1) is 0 Å². The molecule has 0 bridgehead atoms. The Bertz CT molecular complexity index is 352. The topological polar surface area (TPSA) is 64.3 Å². The first-order valence-corrected chi connectivity index (χ1v) is 5.49. The molecule has 4 heteroatoms. The fraction of sp³-hybridized carbons (Fsp3) is 0.417. The normalized spacial score (nSPS) is 20.1. The first kappa shape index (κ1) is 11.0. The van der Waals surface area contributed by atoms with Crippen LogP contribution in [0.25, 0.3) is 0 Å². The molecule has 1 aliphatic rings. The van der Waals surface area contributed by atoms with Crippen molar-refractivity contribution in [3.05, 3.63) is 35.4 Å². The number of benzene rings is 1. The van der Waals surface area contributed by atoms with Crippen molar-refractivity contribution in [2.75, 3.05) is 19.7 Å². The number of hydrogen-bond donors (Lipinski definition) is 2. The molecule has 1 unspecified atom stereocenters. The van der Waals surface area contributed by atoms with Gasteiger partial charge in [-0.3, -0.25) is 0 Å². The highest BCUT2D eigenvalue weighted by atomic mass is 16.6. The minimum absolute atomic E-state index is 0.254. The molecule has 3 N–H and O–H groups in total. The zero-order valence-electron chi connectivity index (χ0n) is 9.11. The van der Waals surface area contributed by atoms with Crippen molar-refractivity contribution in [2.24, 2.45) is 5.73 Å². The smallest absolute Gasteiger partial charge is 0.407 e. The van der Waals surface area contributed by atoms with E-state index in [2.05, 4.69) is 29.6 Å². The van der Waals surface area contributed by atoms with Crippen LogP contribution in [0.5, 0.6) is 0 Å². The molecule has 1 aromatic carbocycles. The van der Waals surface area contributed by atoms with Gasteiger partial charge < -0.3 is 15.8 Å². The zero-order valence-corrected chi connectivity index (χ0v) is 9.11. The largest absolute Gasteiger partial charge is 0.449 e. The van der Waals surface area contributed by atoms with Crippen LogP contribution in [0.3, 0.4) is 0 Å². The highest BCUT2D eigenvalue weighted by molar-refractivity contribution is 5.68. The van der Waals surface area contributed by atoms with Crippen LogP contribution in [-0.2, 0) is 11.2 Å². The lowest BCUT2D eigenvalue weighted by atomic mass is 9.97. The van der Waals surface area contributed by atoms with Gasteiger partial charge in [-0.05, 0) is 24.1 Å². The van der Waals surface area contributed by atoms with E-state index >= 15 is 0 Å². The molecule has 0 aromatic heterocycles. The summed E-state index contributed by atoms with van der Waals surface area (Å²) < 4.78 is 4.95. The third-order valence-electron chi connectivity index (χ3n) is 2.79. The number of rotatable bonds is 3. The summed E-state index contributed by atoms with van der Waals surface area (Å²) in [4.78, 5) is 10.8. The van der Waals surface area contributed by atoms with Gasteiger partial charge in [0.2, 0.25) is 0 Å². The van der Waals surface area contributed by atoms with Crippen LogP contribution in [0.15, 0.2) is 24.3 Å². The van der Waals surface area contributed by atoms with Crippen molar-refractivity contribution in [3.63, 3.8) is 0 Å². The Morgan fingerprint density at radius 2 is 2.12 bits per heavy atom. The Hall–Kier alpha value is -1.55. The van der Waals surface area contributed by atoms with E-state index in [1.807, 2.05) is 0 Å². The number of nitrogens with two attached hydrogens (primary N) is 1. The molecular weight excluding hydrogens is 204 g/mol. The lowest BCUT2D eigenvalue weighted by molar-refractivity contribution is 0.120. The van der Waals surface area contributed by atoms with Gasteiger partial charge in [0.1, 0.15) is 6.61 Å². The highest BCUT2D eigenvalue weighted by Gasteiger charge is 2.20. The van der Waals surface area contributed by atoms with Gasteiger partial charge >= 0.3 is 6.09 Å². The molecule has 2 rings (SSSR count). The maximum atomic E-state index is 10.8. The monoisotopic (exact) mass is 220 g/mol. The molecular formula is C12H16N2O2. The second-order valence-electron chi connectivity index (χ2n) is 3.96. The Morgan fingerprint density at radius 3 is 2.69 bits per heavy atom. The van der Waals surface area contributed by atoms with Crippen LogP contribution >= 0.6 is 0 Å². The lowest BCUT2D eigenvalue weighted by Gasteiger charge is -2.23. The number of carbonyl (C=O) groups excluding carboxylic acids is 1. The third kappa shape index (κ3) is 2.52. The first-order valence-electron chi connectivity index (χ1n) is 5.49. The van der Waals surface area contributed by atoms with Crippen molar-refractivity contribution in [2.45, 2.75) is 12.3 Å². The third-order valence-corrected chi connectivity index (χ3v) is 2.79. The molecule has 0 spiro atoms. The summed E-state index contributed by atoms with van der Waals surface area (Å²) in [5.41, 5.74) is 7.93. The molecule has 0 saturated carbocycles. The van der Waals surface area contributed by atoms with E-state index in [0.29, 0.717) is 19.7 Å². The van der Waals surface area contributed by atoms with Crippen molar-refractivity contribution >= 4 is 6.09 Å². The Kier molecular flexibility index (Phi) is 3.41. The van der Waals surface area contributed by atoms with E-state index in [0.717, 1.165) is 6.42 Å². The number of hydrogen-bond acceptors (Lipinski definition) is 3. The fourth-order valence-corrected chi connectivity index (χ4v) is 1.83. The average Bonchev–Trinajstić information content (AvgIpc) is 2.32. The molecule has 1 atom stereocenters. The van der Waals surface area contributed by atoms with Crippen LogP contribution < -0.4 is 11.1 Å². The van der Waals surface area contributed by atoms with Crippen molar-refractivity contribution in [3.8, 4) is 0 Å². The predicted molar refractivity (Wildman–Crippen MR) is 61.3 cm³/mol. The fourth-order valence-electron chi connectivity index (χ4n) is 1.83. The summed E-state index contributed by atoms with van der Waals surface area (Å²) >= 11 is 0. The first-order chi connectivity index (χ1) is 7.79. The maximum Gasteiger partial charge on any atom is 0.407 e. The Balaban J connectivity index is 2.01. The van der Waals surface area contributed by atoms with Gasteiger partial charge in [0.15, 0.2) is 0 Å². The van der Waals surface area contributed by atoms with Crippen LogP contribution in [0.4, 0.5) is 4.79 Å². The molecule has 1 fully saturated rings. The van der Waals surface area contributed by atoms with Gasteiger partial charge in [0, 0.05) is 12.5 Å². The quantitative estimate of drug-likeness (QED) is 0.799. The number of cyclic esters (lactones) is 1. The van der Waals surface area contributed by atoms with Crippen molar-refractivity contribution in [1.29, 1.82) is 0 Å². The molecule has 1 aromatic rings. The lowest BCUT2D eigenvalue weighted by Crippen LogP contribution is -2.37. The zero-order chi connectivity index (χ0) is 11.4. The van der Waals surface area contributed by atoms with Crippen LogP contribution in [-0.4, -0.2) is 25.8 Å². The number of nitrogens with one attached hydrogen (secondary N) is 1. The summed E-state index contributed by atoms with van der Waals surface area (Å²) in [7, 11) is 0. The van der Waals surface area contributed by atoms with E-state index in [1.54, 1.807) is 0 Å². The molecule has 0 aliphatic carbocycles. The van der Waals surface area contributed by atoms with Crippen molar-refractivity contribution < 1.29 is 9.53 Å². The number of ether oxygens (including phenoxy) is 1. The molecule has 1 aliphatic heterocycles. The van der Waals surface area contributed by atoms with E-state index in [-0.39, 0.29) is 12.0 Å². The summed E-state index contributed by atoms with van der Waals surface area (Å²) in [6, 6.07) is 8.32. The molecule has 4 nitrogen and oxygen atoms in total. The van der Waals surface area contributed by atoms with E-state index in [9.17, 15) is 4.79 Å². The number of carbonyl (C=O) groups is 1. The van der Waals surface area contributed by atoms with Crippen LogP contribution in [0.2, 0.25) is 0 Å². The SMILES string of the molecule is NCCc1ccc(C2CNC(=O)OC2)cc1. The van der Waals surface area contributed by atoms with Gasteiger partial charge in [-0.2, -0.15) is 0 Å². The van der Waals surface area contributed by atoms with Gasteiger partial charge in [-0.25, -0.2) is 4.79 Å². The second-order valence-corrected chi connectivity index (χ2v) is 3.96. The molecule has 0 radical (unpaired) electrons. The summed E-state index contributed by atoms with van der Waals surface area (Å²) in [6.45, 7) is 1.78. The predicted octanol–water partition coefficient (Wildman–Crippen LogP) is 1.01. The van der Waals surface area contributed by atoms with E-state index in [1.165, 1.54) is 11.1 Å². The molecule has 1 amide bonds. The number of alkyl carbamates (subject to hydrolysis) is 1. The van der Waals surface area contributed by atoms with E-state index < -0.39 is 0 Å². The molecule has 16 heavy (non-hydrogen) atoms. The average molecular weight is 220 g/mol. The molecule has 86 valence electrons.